The summed E-state index contributed by atoms with van der Waals surface area (Å²) in [7, 11) is 1.28. The molecule has 15 nitrogen and oxygen atoms in total. The summed E-state index contributed by atoms with van der Waals surface area (Å²) in [4.78, 5) is 70.2. The van der Waals surface area contributed by atoms with Crippen molar-refractivity contribution in [3.8, 4) is 0 Å². The third-order valence-corrected chi connectivity index (χ3v) is 8.13. The smallest absolute Gasteiger partial charge is 0.338 e. The molecule has 1 atom stereocenters. The topological polar surface area (TPSA) is 207 Å². The van der Waals surface area contributed by atoms with Crippen molar-refractivity contribution in [3.63, 3.8) is 0 Å². The first-order valence-electron chi connectivity index (χ1n) is 17.7. The fourth-order valence-corrected chi connectivity index (χ4v) is 5.13. The van der Waals surface area contributed by atoms with E-state index in [0.717, 1.165) is 32.1 Å². The molecule has 0 saturated carbocycles. The van der Waals surface area contributed by atoms with Crippen molar-refractivity contribution in [2.75, 3.05) is 66.6 Å². The Morgan fingerprint density at radius 1 is 0.418 bits per heavy atom. The van der Waals surface area contributed by atoms with Crippen LogP contribution in [0.25, 0.3) is 0 Å². The average molecular weight is 767 g/mol. The molecule has 0 radical (unpaired) electrons. The fourth-order valence-electron chi connectivity index (χ4n) is 5.13. The molecule has 0 aliphatic rings. The van der Waals surface area contributed by atoms with Crippen molar-refractivity contribution in [1.82, 2.24) is 0 Å². The van der Waals surface area contributed by atoms with Gasteiger partial charge in [-0.2, -0.15) is 0 Å². The van der Waals surface area contributed by atoms with Crippen LogP contribution in [0.15, 0.2) is 72.8 Å². The van der Waals surface area contributed by atoms with E-state index in [1.807, 2.05) is 0 Å². The number of methoxy groups -OCH3 is 1. The second-order valence-corrected chi connectivity index (χ2v) is 12.0. The van der Waals surface area contributed by atoms with Crippen LogP contribution in [0.4, 0.5) is 0 Å². The van der Waals surface area contributed by atoms with Crippen LogP contribution in [-0.4, -0.2) is 113 Å². The minimum absolute atomic E-state index is 0.0352. The van der Waals surface area contributed by atoms with Crippen molar-refractivity contribution in [2.24, 2.45) is 5.92 Å². The number of carboxylic acids is 2. The second kappa shape index (κ2) is 24.6. The third kappa shape index (κ3) is 16.5. The van der Waals surface area contributed by atoms with Crippen LogP contribution in [0, 0.1) is 5.92 Å². The van der Waals surface area contributed by atoms with E-state index >= 15 is 0 Å². The van der Waals surface area contributed by atoms with E-state index in [0.29, 0.717) is 30.9 Å². The highest BCUT2D eigenvalue weighted by Crippen LogP contribution is 2.19. The van der Waals surface area contributed by atoms with Crippen LogP contribution in [0.1, 0.15) is 94.3 Å². The van der Waals surface area contributed by atoms with Gasteiger partial charge in [-0.05, 0) is 111 Å². The van der Waals surface area contributed by atoms with Gasteiger partial charge in [0.15, 0.2) is 0 Å². The first kappa shape index (κ1) is 43.8. The molecule has 15 heteroatoms. The number of carbonyl (C=O) groups is 6. The van der Waals surface area contributed by atoms with Crippen LogP contribution >= 0.6 is 0 Å². The molecule has 296 valence electrons. The van der Waals surface area contributed by atoms with Crippen LogP contribution in [-0.2, 0) is 33.2 Å². The molecular weight excluding hydrogens is 720 g/mol. The van der Waals surface area contributed by atoms with Gasteiger partial charge in [-0.3, -0.25) is 0 Å². The molecule has 3 aromatic rings. The van der Waals surface area contributed by atoms with Crippen molar-refractivity contribution in [1.29, 1.82) is 0 Å². The average Bonchev–Trinajstić information content (AvgIpc) is 3.20. The highest BCUT2D eigenvalue weighted by molar-refractivity contribution is 5.94. The number of carboxylic acid groups (broad SMARTS) is 2. The van der Waals surface area contributed by atoms with Gasteiger partial charge in [0, 0.05) is 19.8 Å². The fraction of sp³-hybridized carbons (Fsp3) is 0.400. The number of ether oxygens (including phenoxy) is 7. The predicted molar refractivity (Wildman–Crippen MR) is 194 cm³/mol. The number of esters is 4. The molecule has 0 amide bonds. The lowest BCUT2D eigenvalue weighted by atomic mass is 9.95. The van der Waals surface area contributed by atoms with Crippen LogP contribution < -0.4 is 0 Å². The quantitative estimate of drug-likeness (QED) is 0.0599. The number of rotatable bonds is 26. The van der Waals surface area contributed by atoms with Gasteiger partial charge in [0.2, 0.25) is 0 Å². The zero-order valence-corrected chi connectivity index (χ0v) is 30.6. The summed E-state index contributed by atoms with van der Waals surface area (Å²) < 4.78 is 37.4. The number of aromatic carboxylic acids is 2. The number of benzene rings is 3. The van der Waals surface area contributed by atoms with Crippen molar-refractivity contribution in [3.05, 3.63) is 106 Å². The van der Waals surface area contributed by atoms with Gasteiger partial charge in [0.05, 0.1) is 60.3 Å². The van der Waals surface area contributed by atoms with E-state index in [4.69, 9.17) is 38.6 Å². The molecule has 55 heavy (non-hydrogen) atoms. The molecule has 0 aromatic heterocycles. The van der Waals surface area contributed by atoms with E-state index in [1.165, 1.54) is 79.9 Å². The molecule has 2 N–H and O–H groups in total. The van der Waals surface area contributed by atoms with Crippen molar-refractivity contribution in [2.45, 2.75) is 32.1 Å². The Kier molecular flexibility index (Phi) is 19.6. The minimum Gasteiger partial charge on any atom is -0.478 e. The molecule has 1 unspecified atom stereocenters. The Morgan fingerprint density at radius 3 is 1.05 bits per heavy atom. The van der Waals surface area contributed by atoms with Crippen LogP contribution in [0.3, 0.4) is 0 Å². The number of hydrogen-bond donors (Lipinski definition) is 2. The Bertz CT molecular complexity index is 1670. The SMILES string of the molecule is COC(=O)c1ccc(C(=O)OCCOCCCC(CCCOCCOC(=O)c2ccc(C(=O)O)cc2)CCOCCOC(=O)c2ccc(C(=O)O)cc2)cc1. The standard InChI is InChI=1S/C40H46O15/c1-49-37(45)31-14-16-34(17-15-31)40(48)54-26-23-51-20-3-5-28(18-21-52-24-27-55-39(47)33-12-8-30(9-13-33)36(43)44)4-2-19-50-22-25-53-38(46)32-10-6-29(7-11-32)35(41)42/h6-17,28H,2-5,18-27H2,1H3,(H,41,42)(H,43,44). The van der Waals surface area contributed by atoms with Gasteiger partial charge >= 0.3 is 35.8 Å². The Labute approximate surface area is 318 Å². The van der Waals surface area contributed by atoms with Gasteiger partial charge in [-0.25, -0.2) is 28.8 Å². The summed E-state index contributed by atoms with van der Waals surface area (Å²) in [6.07, 6.45) is 3.87. The van der Waals surface area contributed by atoms with Gasteiger partial charge in [-0.1, -0.05) is 0 Å². The molecule has 0 bridgehead atoms. The minimum atomic E-state index is -1.09. The maximum Gasteiger partial charge on any atom is 0.338 e. The normalized spacial score (nSPS) is 11.3. The Hall–Kier alpha value is -5.64. The summed E-state index contributed by atoms with van der Waals surface area (Å²) in [5.41, 5.74) is 1.26. The van der Waals surface area contributed by atoms with Gasteiger partial charge in [-0.15, -0.1) is 0 Å². The molecular formula is C40H46O15. The molecule has 0 fully saturated rings. The maximum atomic E-state index is 12.3. The van der Waals surface area contributed by atoms with E-state index in [1.54, 1.807) is 0 Å². The monoisotopic (exact) mass is 766 g/mol. The first-order chi connectivity index (χ1) is 26.6. The van der Waals surface area contributed by atoms with Crippen molar-refractivity contribution >= 4 is 35.8 Å². The summed E-state index contributed by atoms with van der Waals surface area (Å²) in [5, 5.41) is 18.0. The zero-order valence-electron chi connectivity index (χ0n) is 30.6. The van der Waals surface area contributed by atoms with Crippen LogP contribution in [0.2, 0.25) is 0 Å². The Balaban J connectivity index is 1.33. The lowest BCUT2D eigenvalue weighted by molar-refractivity contribution is 0.0258. The van der Waals surface area contributed by atoms with E-state index < -0.39 is 35.8 Å². The molecule has 3 rings (SSSR count). The van der Waals surface area contributed by atoms with E-state index in [-0.39, 0.29) is 67.8 Å². The van der Waals surface area contributed by atoms with Gasteiger partial charge in [0.25, 0.3) is 0 Å². The largest absolute Gasteiger partial charge is 0.478 e. The van der Waals surface area contributed by atoms with Crippen LogP contribution in [0.5, 0.6) is 0 Å². The van der Waals surface area contributed by atoms with Crippen molar-refractivity contribution < 1.29 is 72.1 Å². The van der Waals surface area contributed by atoms with E-state index in [9.17, 15) is 28.8 Å². The highest BCUT2D eigenvalue weighted by Gasteiger charge is 2.13. The number of carbonyl (C=O) groups excluding carboxylic acids is 4. The van der Waals surface area contributed by atoms with Gasteiger partial charge < -0.3 is 43.4 Å². The zero-order chi connectivity index (χ0) is 39.8. The molecule has 0 aliphatic heterocycles. The summed E-state index contributed by atoms with van der Waals surface area (Å²) >= 11 is 0. The molecule has 0 saturated heterocycles. The Morgan fingerprint density at radius 2 is 0.727 bits per heavy atom. The summed E-state index contributed by atoms with van der Waals surface area (Å²) in [6, 6.07) is 16.8. The molecule has 3 aromatic carbocycles. The van der Waals surface area contributed by atoms with Gasteiger partial charge in [0.1, 0.15) is 19.8 Å². The predicted octanol–water partition coefficient (Wildman–Crippen LogP) is 5.36. The molecule has 0 spiro atoms. The second-order valence-electron chi connectivity index (χ2n) is 12.0. The molecule has 0 aliphatic carbocycles. The third-order valence-electron chi connectivity index (χ3n) is 8.13. The lowest BCUT2D eigenvalue weighted by Crippen LogP contribution is -2.14. The highest BCUT2D eigenvalue weighted by atomic mass is 16.6. The summed E-state index contributed by atoms with van der Waals surface area (Å²) in [5.74, 6) is -4.09. The van der Waals surface area contributed by atoms with E-state index in [2.05, 4.69) is 4.74 Å². The number of hydrogen-bond acceptors (Lipinski definition) is 13. The summed E-state index contributed by atoms with van der Waals surface area (Å²) in [6.45, 7) is 2.08. The maximum absolute atomic E-state index is 12.3. The molecule has 0 heterocycles. The lowest BCUT2D eigenvalue weighted by Gasteiger charge is -2.17. The first-order valence-corrected chi connectivity index (χ1v) is 17.7.